The van der Waals surface area contributed by atoms with Gasteiger partial charge in [0.25, 0.3) is 0 Å². The number of amides is 1. The minimum Gasteiger partial charge on any atom is -0.369 e. The molecule has 1 saturated heterocycles. The SMILES string of the molecule is NC(=O)CN1CCC[C@H](c2ccnc(Nc3ncccn3)c2)C1. The second-order valence-electron chi connectivity index (χ2n) is 5.71. The fourth-order valence-corrected chi connectivity index (χ4v) is 2.94. The Bertz CT molecular complexity index is 663. The zero-order chi connectivity index (χ0) is 16.1. The van der Waals surface area contributed by atoms with Crippen molar-refractivity contribution in [3.8, 4) is 0 Å². The third-order valence-electron chi connectivity index (χ3n) is 3.95. The lowest BCUT2D eigenvalue weighted by Gasteiger charge is -2.32. The van der Waals surface area contributed by atoms with Gasteiger partial charge in [-0.15, -0.1) is 0 Å². The normalized spacial score (nSPS) is 18.5. The van der Waals surface area contributed by atoms with Crippen molar-refractivity contribution in [3.63, 3.8) is 0 Å². The molecule has 1 aliphatic heterocycles. The van der Waals surface area contributed by atoms with Crippen molar-refractivity contribution < 1.29 is 4.79 Å². The van der Waals surface area contributed by atoms with Crippen molar-refractivity contribution in [1.29, 1.82) is 0 Å². The van der Waals surface area contributed by atoms with Crippen molar-refractivity contribution in [3.05, 3.63) is 42.4 Å². The first-order valence-electron chi connectivity index (χ1n) is 7.71. The Labute approximate surface area is 135 Å². The van der Waals surface area contributed by atoms with Gasteiger partial charge in [0, 0.05) is 25.1 Å². The minimum absolute atomic E-state index is 0.274. The summed E-state index contributed by atoms with van der Waals surface area (Å²) in [5.74, 6) is 1.35. The molecule has 3 rings (SSSR count). The Hall–Kier alpha value is -2.54. The van der Waals surface area contributed by atoms with Gasteiger partial charge >= 0.3 is 0 Å². The number of pyridine rings is 1. The van der Waals surface area contributed by atoms with Crippen LogP contribution in [0.3, 0.4) is 0 Å². The van der Waals surface area contributed by atoms with Gasteiger partial charge in [-0.1, -0.05) is 0 Å². The minimum atomic E-state index is -0.274. The topological polar surface area (TPSA) is 97.0 Å². The standard InChI is InChI=1S/C16H20N6O/c17-14(23)11-22-8-1-3-13(10-22)12-4-7-18-15(9-12)21-16-19-5-2-6-20-16/h2,4-7,9,13H,1,3,8,10-11H2,(H2,17,23)(H,18,19,20,21)/t13-/m0/s1. The molecule has 0 radical (unpaired) electrons. The highest BCUT2D eigenvalue weighted by molar-refractivity contribution is 5.75. The molecule has 120 valence electrons. The number of anilines is 2. The number of carbonyl (C=O) groups is 1. The highest BCUT2D eigenvalue weighted by Crippen LogP contribution is 2.28. The van der Waals surface area contributed by atoms with E-state index in [0.717, 1.165) is 31.7 Å². The number of nitrogens with one attached hydrogen (secondary N) is 1. The van der Waals surface area contributed by atoms with E-state index in [1.807, 2.05) is 12.1 Å². The van der Waals surface area contributed by atoms with Crippen LogP contribution >= 0.6 is 0 Å². The van der Waals surface area contributed by atoms with Crippen LogP contribution in [0, 0.1) is 0 Å². The van der Waals surface area contributed by atoms with Crippen LogP contribution in [0.25, 0.3) is 0 Å². The summed E-state index contributed by atoms with van der Waals surface area (Å²) in [6.07, 6.45) is 7.31. The molecule has 2 aromatic rings. The molecule has 1 aliphatic rings. The molecule has 1 amide bonds. The largest absolute Gasteiger partial charge is 0.369 e. The number of hydrogen-bond acceptors (Lipinski definition) is 6. The van der Waals surface area contributed by atoms with Gasteiger partial charge in [0.1, 0.15) is 5.82 Å². The molecular formula is C16H20N6O. The Balaban J connectivity index is 1.70. The number of aromatic nitrogens is 3. The molecule has 1 atom stereocenters. The zero-order valence-electron chi connectivity index (χ0n) is 12.9. The molecule has 0 bridgehead atoms. The number of nitrogens with two attached hydrogens (primary N) is 1. The first-order valence-corrected chi connectivity index (χ1v) is 7.71. The molecule has 0 saturated carbocycles. The summed E-state index contributed by atoms with van der Waals surface area (Å²) in [7, 11) is 0. The van der Waals surface area contributed by atoms with Gasteiger partial charge in [-0.05, 0) is 49.1 Å². The molecule has 7 nitrogen and oxygen atoms in total. The van der Waals surface area contributed by atoms with Gasteiger partial charge in [-0.25, -0.2) is 15.0 Å². The molecule has 0 spiro atoms. The van der Waals surface area contributed by atoms with Crippen LogP contribution in [0.15, 0.2) is 36.8 Å². The monoisotopic (exact) mass is 312 g/mol. The van der Waals surface area contributed by atoms with Gasteiger partial charge in [0.15, 0.2) is 0 Å². The molecule has 1 fully saturated rings. The van der Waals surface area contributed by atoms with E-state index < -0.39 is 0 Å². The maximum Gasteiger partial charge on any atom is 0.231 e. The van der Waals surface area contributed by atoms with Gasteiger partial charge in [-0.3, -0.25) is 9.69 Å². The number of carbonyl (C=O) groups excluding carboxylic acids is 1. The number of nitrogens with zero attached hydrogens (tertiary/aromatic N) is 4. The van der Waals surface area contributed by atoms with E-state index in [9.17, 15) is 4.79 Å². The molecule has 0 aromatic carbocycles. The predicted molar refractivity (Wildman–Crippen MR) is 87.2 cm³/mol. The summed E-state index contributed by atoms with van der Waals surface area (Å²) < 4.78 is 0. The van der Waals surface area contributed by atoms with Crippen LogP contribution in [-0.4, -0.2) is 45.4 Å². The molecule has 0 unspecified atom stereocenters. The molecule has 3 N–H and O–H groups in total. The van der Waals surface area contributed by atoms with Crippen molar-refractivity contribution in [1.82, 2.24) is 19.9 Å². The van der Waals surface area contributed by atoms with E-state index in [4.69, 9.17) is 5.73 Å². The molecular weight excluding hydrogens is 292 g/mol. The highest BCUT2D eigenvalue weighted by Gasteiger charge is 2.22. The first kappa shape index (κ1) is 15.4. The van der Waals surface area contributed by atoms with Crippen LogP contribution in [0.2, 0.25) is 0 Å². The highest BCUT2D eigenvalue weighted by atomic mass is 16.1. The smallest absolute Gasteiger partial charge is 0.231 e. The maximum atomic E-state index is 11.1. The molecule has 2 aromatic heterocycles. The number of piperidine rings is 1. The van der Waals surface area contributed by atoms with Gasteiger partial charge in [0.2, 0.25) is 11.9 Å². The second kappa shape index (κ2) is 7.15. The lowest BCUT2D eigenvalue weighted by atomic mass is 9.91. The summed E-state index contributed by atoms with van der Waals surface area (Å²) in [6, 6.07) is 5.81. The van der Waals surface area contributed by atoms with E-state index in [1.54, 1.807) is 24.7 Å². The van der Waals surface area contributed by atoms with Gasteiger partial charge in [0.05, 0.1) is 6.54 Å². The quantitative estimate of drug-likeness (QED) is 0.863. The predicted octanol–water partition coefficient (Wildman–Crippen LogP) is 1.28. The summed E-state index contributed by atoms with van der Waals surface area (Å²) in [5.41, 5.74) is 6.50. The summed E-state index contributed by atoms with van der Waals surface area (Å²) in [5, 5.41) is 3.11. The Morgan fingerprint density at radius 2 is 2.13 bits per heavy atom. The lowest BCUT2D eigenvalue weighted by Crippen LogP contribution is -2.40. The van der Waals surface area contributed by atoms with E-state index in [1.165, 1.54) is 5.56 Å². The van der Waals surface area contributed by atoms with Gasteiger partial charge < -0.3 is 11.1 Å². The van der Waals surface area contributed by atoms with Crippen molar-refractivity contribution >= 4 is 17.7 Å². The maximum absolute atomic E-state index is 11.1. The van der Waals surface area contributed by atoms with Crippen LogP contribution in [-0.2, 0) is 4.79 Å². The fraction of sp³-hybridized carbons (Fsp3) is 0.375. The average Bonchev–Trinajstić information content (AvgIpc) is 2.56. The van der Waals surface area contributed by atoms with Crippen LogP contribution in [0.1, 0.15) is 24.3 Å². The Kier molecular flexibility index (Phi) is 4.77. The van der Waals surface area contributed by atoms with Crippen LogP contribution in [0.5, 0.6) is 0 Å². The molecule has 23 heavy (non-hydrogen) atoms. The second-order valence-corrected chi connectivity index (χ2v) is 5.71. The fourth-order valence-electron chi connectivity index (χ4n) is 2.94. The number of likely N-dealkylation sites (tertiary alicyclic amines) is 1. The van der Waals surface area contributed by atoms with E-state index >= 15 is 0 Å². The Morgan fingerprint density at radius 3 is 2.91 bits per heavy atom. The van der Waals surface area contributed by atoms with Crippen molar-refractivity contribution in [2.45, 2.75) is 18.8 Å². The van der Waals surface area contributed by atoms with Crippen molar-refractivity contribution in [2.24, 2.45) is 5.73 Å². The van der Waals surface area contributed by atoms with Crippen LogP contribution in [0.4, 0.5) is 11.8 Å². The number of primary amides is 1. The lowest BCUT2D eigenvalue weighted by molar-refractivity contribution is -0.119. The Morgan fingerprint density at radius 1 is 1.30 bits per heavy atom. The van der Waals surface area contributed by atoms with E-state index in [0.29, 0.717) is 18.4 Å². The van der Waals surface area contributed by atoms with Crippen molar-refractivity contribution in [2.75, 3.05) is 25.0 Å². The van der Waals surface area contributed by atoms with Gasteiger partial charge in [-0.2, -0.15) is 0 Å². The average molecular weight is 312 g/mol. The summed E-state index contributed by atoms with van der Waals surface area (Å²) in [6.45, 7) is 2.09. The molecule has 7 heteroatoms. The van der Waals surface area contributed by atoms with Crippen LogP contribution < -0.4 is 11.1 Å². The third kappa shape index (κ3) is 4.23. The molecule has 0 aliphatic carbocycles. The van der Waals surface area contributed by atoms with E-state index in [-0.39, 0.29) is 5.91 Å². The van der Waals surface area contributed by atoms with E-state index in [2.05, 4.69) is 25.2 Å². The first-order chi connectivity index (χ1) is 11.2. The third-order valence-corrected chi connectivity index (χ3v) is 3.95. The molecule has 3 heterocycles. The number of rotatable bonds is 5. The summed E-state index contributed by atoms with van der Waals surface area (Å²) >= 11 is 0. The zero-order valence-corrected chi connectivity index (χ0v) is 12.9. The number of hydrogen-bond donors (Lipinski definition) is 2. The summed E-state index contributed by atoms with van der Waals surface area (Å²) in [4.78, 5) is 25.8.